The fourth-order valence-corrected chi connectivity index (χ4v) is 4.00. The van der Waals surface area contributed by atoms with Crippen LogP contribution in [-0.4, -0.2) is 64.8 Å². The number of aliphatic carboxylic acids is 2. The maximum Gasteiger partial charge on any atom is 1.00 e. The van der Waals surface area contributed by atoms with Crippen molar-refractivity contribution in [3.8, 4) is 0 Å². The van der Waals surface area contributed by atoms with Crippen LogP contribution in [0.3, 0.4) is 0 Å². The van der Waals surface area contributed by atoms with Crippen LogP contribution >= 0.6 is 0 Å². The molecule has 1 aromatic heterocycles. The zero-order valence-corrected chi connectivity index (χ0v) is 21.5. The first kappa shape index (κ1) is 26.0. The molecule has 34 heavy (non-hydrogen) atoms. The summed E-state index contributed by atoms with van der Waals surface area (Å²) in [5.74, 6) is -2.86. The Morgan fingerprint density at radius 2 is 2.00 bits per heavy atom. The van der Waals surface area contributed by atoms with Gasteiger partial charge in [0.15, 0.2) is 5.82 Å². The normalized spacial score (nSPS) is 17.0. The molecule has 1 aromatic carbocycles. The Morgan fingerprint density at radius 1 is 1.29 bits per heavy atom. The van der Waals surface area contributed by atoms with E-state index in [1.807, 2.05) is 9.80 Å². The molecule has 1 fully saturated rings. The van der Waals surface area contributed by atoms with Crippen molar-refractivity contribution in [1.82, 2.24) is 15.3 Å². The Morgan fingerprint density at radius 3 is 2.65 bits per heavy atom. The molecule has 2 aromatic rings. The van der Waals surface area contributed by atoms with Crippen LogP contribution in [-0.2, 0) is 9.59 Å². The van der Waals surface area contributed by atoms with Crippen molar-refractivity contribution in [2.24, 2.45) is 0 Å². The van der Waals surface area contributed by atoms with Gasteiger partial charge in [0.2, 0.25) is 5.95 Å². The largest absolute Gasteiger partial charge is 1.00 e. The standard InChI is InChI=1S/C20H23N7O6.K/c21-20-24-16-15(18(31)25-20)27-9-26(8-12(27)7-22-16)11-3-1-10(2-4-11)17(30)23-13(19(32)33)5-6-14(28)29;/h1-4,12-13H,5-9H2,(H,23,30)(H,28,29)(H,32,33)(H4,21,22,24,25,31);/q;+1/p-1/t12-,13+;/m1./s1. The maximum atomic E-state index is 12.4. The van der Waals surface area contributed by atoms with Crippen molar-refractivity contribution in [1.29, 1.82) is 0 Å². The van der Waals surface area contributed by atoms with Crippen LogP contribution < -0.4 is 88.2 Å². The number of amides is 1. The number of nitrogens with one attached hydrogen (secondary N) is 3. The number of H-pyrrole nitrogens is 1. The van der Waals surface area contributed by atoms with Gasteiger partial charge in [-0.3, -0.25) is 14.6 Å². The monoisotopic (exact) mass is 495 g/mol. The summed E-state index contributed by atoms with van der Waals surface area (Å²) >= 11 is 0. The van der Waals surface area contributed by atoms with Gasteiger partial charge in [0.1, 0.15) is 11.7 Å². The number of carboxylic acid groups (broad SMARTS) is 2. The summed E-state index contributed by atoms with van der Waals surface area (Å²) in [5.41, 5.74) is 6.77. The summed E-state index contributed by atoms with van der Waals surface area (Å²) < 4.78 is 0. The topological polar surface area (TPSA) is 197 Å². The average Bonchev–Trinajstić information content (AvgIpc) is 3.20. The number of aromatic amines is 1. The first-order chi connectivity index (χ1) is 15.7. The van der Waals surface area contributed by atoms with E-state index in [2.05, 4.69) is 20.6 Å². The number of hydrogen-bond acceptors (Lipinski definition) is 10. The third-order valence-corrected chi connectivity index (χ3v) is 5.64. The first-order valence-electron chi connectivity index (χ1n) is 10.2. The number of nitrogen functional groups attached to an aromatic ring is 1. The Hall–Kier alpha value is -2.65. The van der Waals surface area contributed by atoms with Crippen LogP contribution in [0.2, 0.25) is 0 Å². The number of nitrogens with two attached hydrogens (primary N) is 1. The summed E-state index contributed by atoms with van der Waals surface area (Å²) in [6.45, 7) is 1.65. The molecule has 2 atom stereocenters. The van der Waals surface area contributed by atoms with Gasteiger partial charge in [0.25, 0.3) is 11.5 Å². The van der Waals surface area contributed by atoms with Crippen LogP contribution in [0, 0.1) is 0 Å². The second kappa shape index (κ2) is 10.7. The van der Waals surface area contributed by atoms with E-state index in [-0.39, 0.29) is 80.9 Å². The Balaban J connectivity index is 0.00000324. The van der Waals surface area contributed by atoms with Crippen molar-refractivity contribution in [2.75, 3.05) is 40.6 Å². The molecule has 1 amide bonds. The molecule has 0 aliphatic carbocycles. The average molecular weight is 496 g/mol. The van der Waals surface area contributed by atoms with Crippen molar-refractivity contribution in [2.45, 2.75) is 24.9 Å². The van der Waals surface area contributed by atoms with Crippen LogP contribution in [0.15, 0.2) is 29.1 Å². The Labute approximate surface area is 236 Å². The minimum atomic E-state index is -1.39. The molecule has 13 nitrogen and oxygen atoms in total. The van der Waals surface area contributed by atoms with E-state index in [4.69, 9.17) is 5.73 Å². The van der Waals surface area contributed by atoms with Gasteiger partial charge in [-0.05, 0) is 37.1 Å². The Bertz CT molecular complexity index is 1160. The zero-order valence-electron chi connectivity index (χ0n) is 18.4. The van der Waals surface area contributed by atoms with Crippen LogP contribution in [0.25, 0.3) is 0 Å². The van der Waals surface area contributed by atoms with Gasteiger partial charge in [0, 0.05) is 30.3 Å². The minimum Gasteiger partial charge on any atom is -0.550 e. The number of hydrogen-bond donors (Lipinski definition) is 5. The number of carbonyl (C=O) groups is 3. The fraction of sp³-hybridized carbons (Fsp3) is 0.350. The number of benzene rings is 1. The summed E-state index contributed by atoms with van der Waals surface area (Å²) in [6, 6.07) is 5.26. The summed E-state index contributed by atoms with van der Waals surface area (Å²) in [7, 11) is 0. The summed E-state index contributed by atoms with van der Waals surface area (Å²) in [4.78, 5) is 57.4. The second-order valence-electron chi connectivity index (χ2n) is 7.84. The van der Waals surface area contributed by atoms with E-state index in [0.29, 0.717) is 31.3 Å². The van der Waals surface area contributed by atoms with E-state index in [0.717, 1.165) is 5.69 Å². The molecular formula is C20H22KN7O6. The quantitative estimate of drug-likeness (QED) is 0.231. The van der Waals surface area contributed by atoms with Crippen LogP contribution in [0.5, 0.6) is 0 Å². The van der Waals surface area contributed by atoms with Gasteiger partial charge < -0.3 is 41.2 Å². The number of rotatable bonds is 7. The minimum absolute atomic E-state index is 0. The van der Waals surface area contributed by atoms with Crippen molar-refractivity contribution < 1.29 is 76.0 Å². The van der Waals surface area contributed by atoms with Gasteiger partial charge >= 0.3 is 57.4 Å². The molecule has 0 unspecified atom stereocenters. The molecule has 14 heteroatoms. The molecule has 0 spiro atoms. The maximum absolute atomic E-state index is 12.4. The second-order valence-corrected chi connectivity index (χ2v) is 7.84. The molecule has 0 saturated carbocycles. The van der Waals surface area contributed by atoms with E-state index >= 15 is 0 Å². The van der Waals surface area contributed by atoms with E-state index in [1.165, 1.54) is 0 Å². The SMILES string of the molecule is Nc1nc2c(c(=O)[nH]1)N1CN(c3ccc(C(=O)N[C@@H](CCC(=O)[O-])C(=O)O)cc3)C[C@H]1CN2.[K+]. The molecule has 0 bridgehead atoms. The van der Waals surface area contributed by atoms with E-state index < -0.39 is 30.3 Å². The van der Waals surface area contributed by atoms with Gasteiger partial charge in [-0.2, -0.15) is 4.98 Å². The Kier molecular flexibility index (Phi) is 8.19. The number of nitrogens with zero attached hydrogens (tertiary/aromatic N) is 3. The fourth-order valence-electron chi connectivity index (χ4n) is 4.00. The van der Waals surface area contributed by atoms with Crippen molar-refractivity contribution in [3.63, 3.8) is 0 Å². The molecule has 4 rings (SSSR count). The van der Waals surface area contributed by atoms with E-state index in [9.17, 15) is 29.4 Å². The zero-order chi connectivity index (χ0) is 23.7. The molecule has 3 heterocycles. The molecule has 2 aliphatic rings. The molecule has 174 valence electrons. The summed E-state index contributed by atoms with van der Waals surface area (Å²) in [5, 5.41) is 25.2. The number of carboxylic acids is 2. The molecule has 6 N–H and O–H groups in total. The molecular weight excluding hydrogens is 473 g/mol. The van der Waals surface area contributed by atoms with Crippen LogP contribution in [0.1, 0.15) is 23.2 Å². The third kappa shape index (κ3) is 5.52. The van der Waals surface area contributed by atoms with Crippen LogP contribution in [0.4, 0.5) is 23.1 Å². The van der Waals surface area contributed by atoms with Crippen molar-refractivity contribution >= 4 is 41.0 Å². The van der Waals surface area contributed by atoms with E-state index in [1.54, 1.807) is 24.3 Å². The molecule has 0 radical (unpaired) electrons. The third-order valence-electron chi connectivity index (χ3n) is 5.64. The predicted molar refractivity (Wildman–Crippen MR) is 116 cm³/mol. The van der Waals surface area contributed by atoms with Gasteiger partial charge in [-0.25, -0.2) is 4.79 Å². The first-order valence-corrected chi connectivity index (χ1v) is 10.2. The molecule has 2 aliphatic heterocycles. The molecule has 1 saturated heterocycles. The van der Waals surface area contributed by atoms with Gasteiger partial charge in [-0.15, -0.1) is 0 Å². The smallest absolute Gasteiger partial charge is 0.550 e. The summed E-state index contributed by atoms with van der Waals surface area (Å²) in [6.07, 6.45) is -0.757. The number of aromatic nitrogens is 2. The van der Waals surface area contributed by atoms with Gasteiger partial charge in [0.05, 0.1) is 12.7 Å². The number of carbonyl (C=O) groups excluding carboxylic acids is 2. The van der Waals surface area contributed by atoms with Crippen molar-refractivity contribution in [3.05, 3.63) is 40.2 Å². The number of anilines is 4. The van der Waals surface area contributed by atoms with Gasteiger partial charge in [-0.1, -0.05) is 0 Å². The predicted octanol–water partition coefficient (Wildman–Crippen LogP) is -4.85. The number of fused-ring (bicyclic) bond motifs is 3.